The molecular weight excluding hydrogens is 236 g/mol. The SMILES string of the molecule is NC(=O)C(CCSC1CCOCC1)NC1CC1. The summed E-state index contributed by atoms with van der Waals surface area (Å²) in [5, 5.41) is 4.02. The van der Waals surface area contributed by atoms with Crippen molar-refractivity contribution in [2.45, 2.75) is 49.4 Å². The Morgan fingerprint density at radius 3 is 2.65 bits per heavy atom. The molecule has 5 heteroatoms. The van der Waals surface area contributed by atoms with Crippen molar-refractivity contribution >= 4 is 17.7 Å². The number of nitrogens with one attached hydrogen (secondary N) is 1. The summed E-state index contributed by atoms with van der Waals surface area (Å²) in [5.41, 5.74) is 5.40. The van der Waals surface area contributed by atoms with E-state index in [-0.39, 0.29) is 11.9 Å². The first-order valence-corrected chi connectivity index (χ1v) is 7.55. The third-order valence-electron chi connectivity index (χ3n) is 3.29. The summed E-state index contributed by atoms with van der Waals surface area (Å²) in [7, 11) is 0. The molecule has 1 unspecified atom stereocenters. The van der Waals surface area contributed by atoms with Crippen LogP contribution in [0, 0.1) is 0 Å². The summed E-state index contributed by atoms with van der Waals surface area (Å²) >= 11 is 1.96. The fourth-order valence-electron chi connectivity index (χ4n) is 2.04. The largest absolute Gasteiger partial charge is 0.381 e. The Bertz CT molecular complexity index is 253. The number of thioether (sulfide) groups is 1. The third-order valence-corrected chi connectivity index (χ3v) is 4.70. The van der Waals surface area contributed by atoms with Gasteiger partial charge in [0.05, 0.1) is 6.04 Å². The Hall–Kier alpha value is -0.260. The summed E-state index contributed by atoms with van der Waals surface area (Å²) < 4.78 is 5.33. The Kier molecular flexibility index (Phi) is 5.13. The molecule has 0 radical (unpaired) electrons. The van der Waals surface area contributed by atoms with Crippen LogP contribution < -0.4 is 11.1 Å². The lowest BCUT2D eigenvalue weighted by Gasteiger charge is -2.22. The molecule has 1 aliphatic carbocycles. The van der Waals surface area contributed by atoms with Crippen molar-refractivity contribution in [3.05, 3.63) is 0 Å². The standard InChI is InChI=1S/C12H22N2O2S/c13-12(15)11(14-9-1-2-9)5-8-17-10-3-6-16-7-4-10/h9-11,14H,1-8H2,(H2,13,15). The van der Waals surface area contributed by atoms with E-state index in [0.717, 1.165) is 38.2 Å². The third kappa shape index (κ3) is 4.85. The van der Waals surface area contributed by atoms with Crippen molar-refractivity contribution in [3.8, 4) is 0 Å². The van der Waals surface area contributed by atoms with Crippen LogP contribution in [0.3, 0.4) is 0 Å². The van der Waals surface area contributed by atoms with Crippen molar-refractivity contribution in [1.82, 2.24) is 5.32 Å². The topological polar surface area (TPSA) is 64.4 Å². The van der Waals surface area contributed by atoms with Gasteiger partial charge in [0.25, 0.3) is 0 Å². The second-order valence-electron chi connectivity index (χ2n) is 4.87. The minimum Gasteiger partial charge on any atom is -0.381 e. The van der Waals surface area contributed by atoms with Crippen molar-refractivity contribution < 1.29 is 9.53 Å². The number of rotatable bonds is 7. The molecule has 0 bridgehead atoms. The molecule has 0 aromatic heterocycles. The van der Waals surface area contributed by atoms with Crippen LogP contribution in [0.15, 0.2) is 0 Å². The lowest BCUT2D eigenvalue weighted by atomic mass is 10.2. The van der Waals surface area contributed by atoms with Crippen molar-refractivity contribution in [3.63, 3.8) is 0 Å². The number of hydrogen-bond acceptors (Lipinski definition) is 4. The molecule has 0 aromatic rings. The van der Waals surface area contributed by atoms with Gasteiger partial charge in [-0.1, -0.05) is 0 Å². The fraction of sp³-hybridized carbons (Fsp3) is 0.917. The van der Waals surface area contributed by atoms with Gasteiger partial charge in [0, 0.05) is 24.5 Å². The predicted octanol–water partition coefficient (Wildman–Crippen LogP) is 0.895. The fourth-order valence-corrected chi connectivity index (χ4v) is 3.27. The van der Waals surface area contributed by atoms with Crippen LogP contribution in [-0.2, 0) is 9.53 Å². The summed E-state index contributed by atoms with van der Waals surface area (Å²) in [6.45, 7) is 1.77. The molecule has 4 nitrogen and oxygen atoms in total. The van der Waals surface area contributed by atoms with Gasteiger partial charge in [0.15, 0.2) is 0 Å². The van der Waals surface area contributed by atoms with Gasteiger partial charge in [-0.05, 0) is 37.9 Å². The first-order valence-electron chi connectivity index (χ1n) is 6.50. The van der Waals surface area contributed by atoms with Gasteiger partial charge < -0.3 is 15.8 Å². The number of primary amides is 1. The van der Waals surface area contributed by atoms with Gasteiger partial charge in [-0.15, -0.1) is 0 Å². The van der Waals surface area contributed by atoms with Crippen LogP contribution in [0.2, 0.25) is 0 Å². The molecular formula is C12H22N2O2S. The normalized spacial score (nSPS) is 23.5. The molecule has 1 amide bonds. The lowest BCUT2D eigenvalue weighted by molar-refractivity contribution is -0.120. The average Bonchev–Trinajstić information content (AvgIpc) is 3.13. The smallest absolute Gasteiger partial charge is 0.234 e. The summed E-state index contributed by atoms with van der Waals surface area (Å²) in [4.78, 5) is 11.3. The number of carbonyl (C=O) groups is 1. The highest BCUT2D eigenvalue weighted by molar-refractivity contribution is 7.99. The van der Waals surface area contributed by atoms with Gasteiger partial charge in [-0.2, -0.15) is 11.8 Å². The highest BCUT2D eigenvalue weighted by Crippen LogP contribution is 2.24. The predicted molar refractivity (Wildman–Crippen MR) is 70.1 cm³/mol. The molecule has 2 aliphatic rings. The maximum atomic E-state index is 11.3. The summed E-state index contributed by atoms with van der Waals surface area (Å²) in [6.07, 6.45) is 5.52. The molecule has 0 spiro atoms. The van der Waals surface area contributed by atoms with Crippen LogP contribution >= 0.6 is 11.8 Å². The van der Waals surface area contributed by atoms with Crippen molar-refractivity contribution in [2.75, 3.05) is 19.0 Å². The molecule has 2 rings (SSSR count). The Morgan fingerprint density at radius 1 is 1.35 bits per heavy atom. The molecule has 1 heterocycles. The van der Waals surface area contributed by atoms with Crippen LogP contribution in [0.5, 0.6) is 0 Å². The zero-order valence-electron chi connectivity index (χ0n) is 10.2. The highest BCUT2D eigenvalue weighted by atomic mass is 32.2. The zero-order chi connectivity index (χ0) is 12.1. The van der Waals surface area contributed by atoms with E-state index in [9.17, 15) is 4.79 Å². The second-order valence-corrected chi connectivity index (χ2v) is 6.28. The lowest BCUT2D eigenvalue weighted by Crippen LogP contribution is -2.42. The quantitative estimate of drug-likeness (QED) is 0.712. The van der Waals surface area contributed by atoms with E-state index in [1.54, 1.807) is 0 Å². The first kappa shape index (κ1) is 13.2. The van der Waals surface area contributed by atoms with Crippen molar-refractivity contribution in [1.29, 1.82) is 0 Å². The van der Waals surface area contributed by atoms with Gasteiger partial charge in [-0.3, -0.25) is 4.79 Å². The Balaban J connectivity index is 1.62. The number of carbonyl (C=O) groups excluding carboxylic acids is 1. The van der Waals surface area contributed by atoms with E-state index in [1.165, 1.54) is 12.8 Å². The van der Waals surface area contributed by atoms with Crippen LogP contribution in [-0.4, -0.2) is 42.2 Å². The van der Waals surface area contributed by atoms with Crippen molar-refractivity contribution in [2.24, 2.45) is 5.73 Å². The maximum Gasteiger partial charge on any atom is 0.234 e. The highest BCUT2D eigenvalue weighted by Gasteiger charge is 2.27. The number of nitrogens with two attached hydrogens (primary N) is 1. The molecule has 98 valence electrons. The maximum absolute atomic E-state index is 11.3. The summed E-state index contributed by atoms with van der Waals surface area (Å²) in [6, 6.07) is 0.412. The molecule has 17 heavy (non-hydrogen) atoms. The van der Waals surface area contributed by atoms with E-state index >= 15 is 0 Å². The molecule has 0 aromatic carbocycles. The van der Waals surface area contributed by atoms with E-state index in [1.807, 2.05) is 11.8 Å². The molecule has 2 fully saturated rings. The molecule has 1 saturated carbocycles. The summed E-state index contributed by atoms with van der Waals surface area (Å²) in [5.74, 6) is 0.808. The van der Waals surface area contributed by atoms with Crippen LogP contribution in [0.25, 0.3) is 0 Å². The van der Waals surface area contributed by atoms with E-state index in [2.05, 4.69) is 5.32 Å². The zero-order valence-corrected chi connectivity index (χ0v) is 11.0. The average molecular weight is 258 g/mol. The minimum atomic E-state index is -0.204. The van der Waals surface area contributed by atoms with Gasteiger partial charge in [-0.25, -0.2) is 0 Å². The van der Waals surface area contributed by atoms with E-state index in [0.29, 0.717) is 11.3 Å². The first-order chi connectivity index (χ1) is 8.25. The monoisotopic (exact) mass is 258 g/mol. The molecule has 1 atom stereocenters. The molecule has 3 N–H and O–H groups in total. The minimum absolute atomic E-state index is 0.130. The van der Waals surface area contributed by atoms with Gasteiger partial charge in [0.2, 0.25) is 5.91 Å². The molecule has 1 aliphatic heterocycles. The number of amides is 1. The van der Waals surface area contributed by atoms with Gasteiger partial charge in [0.1, 0.15) is 0 Å². The Morgan fingerprint density at radius 2 is 2.06 bits per heavy atom. The van der Waals surface area contributed by atoms with E-state index < -0.39 is 0 Å². The van der Waals surface area contributed by atoms with E-state index in [4.69, 9.17) is 10.5 Å². The Labute approximate surface area is 107 Å². The number of hydrogen-bond donors (Lipinski definition) is 2. The number of ether oxygens (including phenoxy) is 1. The van der Waals surface area contributed by atoms with Crippen LogP contribution in [0.1, 0.15) is 32.1 Å². The van der Waals surface area contributed by atoms with Crippen LogP contribution in [0.4, 0.5) is 0 Å². The van der Waals surface area contributed by atoms with Gasteiger partial charge >= 0.3 is 0 Å². The molecule has 1 saturated heterocycles. The second kappa shape index (κ2) is 6.61.